The van der Waals surface area contributed by atoms with E-state index in [1.807, 2.05) is 25.1 Å². The number of rotatable bonds is 5. The molecule has 0 amide bonds. The minimum absolute atomic E-state index is 0.169. The summed E-state index contributed by atoms with van der Waals surface area (Å²) in [5, 5.41) is 3.49. The molecule has 4 nitrogen and oxygen atoms in total. The number of hydrogen-bond acceptors (Lipinski definition) is 3. The van der Waals surface area contributed by atoms with Gasteiger partial charge in [-0.2, -0.15) is 0 Å². The molecule has 3 aromatic rings. The molecule has 2 heterocycles. The number of benzene rings is 1. The van der Waals surface area contributed by atoms with Crippen molar-refractivity contribution in [1.82, 2.24) is 14.9 Å². The molecule has 0 saturated heterocycles. The summed E-state index contributed by atoms with van der Waals surface area (Å²) in [4.78, 5) is 4.77. The molecule has 2 aromatic heterocycles. The number of aromatic nitrogens is 2. The highest BCUT2D eigenvalue weighted by atomic mass is 16.3. The third-order valence-corrected chi connectivity index (χ3v) is 3.77. The SMILES string of the molecule is CCn1c(C(C)NCc2ccc(C)o2)nc2ccccc21. The first-order valence-corrected chi connectivity index (χ1v) is 7.43. The van der Waals surface area contributed by atoms with E-state index < -0.39 is 0 Å². The molecule has 0 aliphatic rings. The lowest BCUT2D eigenvalue weighted by Crippen LogP contribution is -2.21. The Bertz CT molecular complexity index is 741. The van der Waals surface area contributed by atoms with Gasteiger partial charge in [0.2, 0.25) is 0 Å². The van der Waals surface area contributed by atoms with E-state index in [0.717, 1.165) is 29.4 Å². The number of nitrogens with zero attached hydrogens (tertiary/aromatic N) is 2. The van der Waals surface area contributed by atoms with Gasteiger partial charge in [-0.05, 0) is 45.0 Å². The second-order valence-corrected chi connectivity index (χ2v) is 5.32. The summed E-state index contributed by atoms with van der Waals surface area (Å²) in [6, 6.07) is 12.4. The average molecular weight is 283 g/mol. The van der Waals surface area contributed by atoms with Gasteiger partial charge in [0, 0.05) is 6.54 Å². The van der Waals surface area contributed by atoms with Gasteiger partial charge in [-0.3, -0.25) is 0 Å². The van der Waals surface area contributed by atoms with Crippen molar-refractivity contribution in [2.45, 2.75) is 39.9 Å². The van der Waals surface area contributed by atoms with Crippen LogP contribution >= 0.6 is 0 Å². The largest absolute Gasteiger partial charge is 0.465 e. The van der Waals surface area contributed by atoms with Gasteiger partial charge in [0.15, 0.2) is 0 Å². The van der Waals surface area contributed by atoms with Gasteiger partial charge in [-0.1, -0.05) is 12.1 Å². The van der Waals surface area contributed by atoms with E-state index in [1.165, 1.54) is 5.52 Å². The van der Waals surface area contributed by atoms with Crippen molar-refractivity contribution in [2.75, 3.05) is 0 Å². The first-order valence-electron chi connectivity index (χ1n) is 7.43. The molecule has 3 rings (SSSR count). The fourth-order valence-electron chi connectivity index (χ4n) is 2.68. The van der Waals surface area contributed by atoms with Crippen molar-refractivity contribution in [1.29, 1.82) is 0 Å². The second-order valence-electron chi connectivity index (χ2n) is 5.32. The Kier molecular flexibility index (Phi) is 3.80. The topological polar surface area (TPSA) is 43.0 Å². The zero-order chi connectivity index (χ0) is 14.8. The summed E-state index contributed by atoms with van der Waals surface area (Å²) < 4.78 is 7.86. The van der Waals surface area contributed by atoms with Gasteiger partial charge < -0.3 is 14.3 Å². The van der Waals surface area contributed by atoms with Crippen LogP contribution in [-0.4, -0.2) is 9.55 Å². The van der Waals surface area contributed by atoms with Crippen LogP contribution in [0.25, 0.3) is 11.0 Å². The maximum absolute atomic E-state index is 5.60. The Balaban J connectivity index is 1.82. The zero-order valence-corrected chi connectivity index (χ0v) is 12.8. The van der Waals surface area contributed by atoms with Gasteiger partial charge in [0.25, 0.3) is 0 Å². The number of nitrogens with one attached hydrogen (secondary N) is 1. The summed E-state index contributed by atoms with van der Waals surface area (Å²) >= 11 is 0. The van der Waals surface area contributed by atoms with Crippen LogP contribution in [0.4, 0.5) is 0 Å². The summed E-state index contributed by atoms with van der Waals surface area (Å²) in [7, 11) is 0. The van der Waals surface area contributed by atoms with Crippen molar-refractivity contribution >= 4 is 11.0 Å². The van der Waals surface area contributed by atoms with Gasteiger partial charge in [0.05, 0.1) is 23.6 Å². The smallest absolute Gasteiger partial charge is 0.126 e. The highest BCUT2D eigenvalue weighted by Crippen LogP contribution is 2.21. The van der Waals surface area contributed by atoms with Gasteiger partial charge in [-0.25, -0.2) is 4.98 Å². The lowest BCUT2D eigenvalue weighted by atomic mass is 10.3. The van der Waals surface area contributed by atoms with E-state index in [9.17, 15) is 0 Å². The fourth-order valence-corrected chi connectivity index (χ4v) is 2.68. The lowest BCUT2D eigenvalue weighted by molar-refractivity contribution is 0.434. The molecule has 0 spiro atoms. The van der Waals surface area contributed by atoms with Crippen LogP contribution < -0.4 is 5.32 Å². The van der Waals surface area contributed by atoms with E-state index in [-0.39, 0.29) is 6.04 Å². The minimum atomic E-state index is 0.169. The Morgan fingerprint density at radius 1 is 1.24 bits per heavy atom. The normalized spacial score (nSPS) is 12.9. The second kappa shape index (κ2) is 5.74. The molecule has 1 aromatic carbocycles. The molecule has 0 fully saturated rings. The van der Waals surface area contributed by atoms with Crippen molar-refractivity contribution in [3.8, 4) is 0 Å². The van der Waals surface area contributed by atoms with E-state index in [1.54, 1.807) is 0 Å². The van der Waals surface area contributed by atoms with Crippen LogP contribution in [0.2, 0.25) is 0 Å². The maximum atomic E-state index is 5.60. The fraction of sp³-hybridized carbons (Fsp3) is 0.353. The van der Waals surface area contributed by atoms with Gasteiger partial charge in [-0.15, -0.1) is 0 Å². The van der Waals surface area contributed by atoms with Gasteiger partial charge in [0.1, 0.15) is 17.3 Å². The number of imidazole rings is 1. The number of aryl methyl sites for hydroxylation is 2. The highest BCUT2D eigenvalue weighted by molar-refractivity contribution is 5.76. The third-order valence-electron chi connectivity index (χ3n) is 3.77. The van der Waals surface area contributed by atoms with E-state index >= 15 is 0 Å². The standard InChI is InChI=1S/C17H21N3O/c1-4-20-16-8-6-5-7-15(16)19-17(20)13(3)18-11-14-10-9-12(2)21-14/h5-10,13,18H,4,11H2,1-3H3. The lowest BCUT2D eigenvalue weighted by Gasteiger charge is -2.14. The molecule has 1 N–H and O–H groups in total. The first-order chi connectivity index (χ1) is 10.2. The molecule has 0 bridgehead atoms. The molecular weight excluding hydrogens is 262 g/mol. The van der Waals surface area contributed by atoms with Crippen molar-refractivity contribution in [2.24, 2.45) is 0 Å². The maximum Gasteiger partial charge on any atom is 0.126 e. The van der Waals surface area contributed by atoms with Crippen LogP contribution in [0, 0.1) is 6.92 Å². The summed E-state index contributed by atoms with van der Waals surface area (Å²) in [6.45, 7) is 7.89. The van der Waals surface area contributed by atoms with Crippen LogP contribution in [0.5, 0.6) is 0 Å². The monoisotopic (exact) mass is 283 g/mol. The summed E-state index contributed by atoms with van der Waals surface area (Å²) in [5.41, 5.74) is 2.24. The van der Waals surface area contributed by atoms with Crippen LogP contribution in [0.1, 0.15) is 37.2 Å². The number of fused-ring (bicyclic) bond motifs is 1. The average Bonchev–Trinajstić information content (AvgIpc) is 3.07. The molecule has 0 radical (unpaired) electrons. The Labute approximate surface area is 124 Å². The first kappa shape index (κ1) is 13.9. The molecule has 1 unspecified atom stereocenters. The summed E-state index contributed by atoms with van der Waals surface area (Å²) in [6.07, 6.45) is 0. The van der Waals surface area contributed by atoms with E-state index in [4.69, 9.17) is 9.40 Å². The molecule has 0 aliphatic carbocycles. The van der Waals surface area contributed by atoms with E-state index in [2.05, 4.69) is 41.9 Å². The van der Waals surface area contributed by atoms with E-state index in [0.29, 0.717) is 6.54 Å². The molecule has 1 atom stereocenters. The number of para-hydroxylation sites is 2. The predicted octanol–water partition coefficient (Wildman–Crippen LogP) is 3.81. The molecule has 21 heavy (non-hydrogen) atoms. The van der Waals surface area contributed by atoms with Crippen molar-refractivity contribution < 1.29 is 4.42 Å². The quantitative estimate of drug-likeness (QED) is 0.774. The third kappa shape index (κ3) is 2.72. The van der Waals surface area contributed by atoms with Crippen LogP contribution in [0.3, 0.4) is 0 Å². The van der Waals surface area contributed by atoms with Crippen LogP contribution in [0.15, 0.2) is 40.8 Å². The molecular formula is C17H21N3O. The van der Waals surface area contributed by atoms with Crippen LogP contribution in [-0.2, 0) is 13.1 Å². The highest BCUT2D eigenvalue weighted by Gasteiger charge is 2.15. The molecule has 0 aliphatic heterocycles. The molecule has 4 heteroatoms. The van der Waals surface area contributed by atoms with Crippen molar-refractivity contribution in [3.63, 3.8) is 0 Å². The Morgan fingerprint density at radius 2 is 2.05 bits per heavy atom. The van der Waals surface area contributed by atoms with Crippen molar-refractivity contribution in [3.05, 3.63) is 53.7 Å². The summed E-state index contributed by atoms with van der Waals surface area (Å²) in [5.74, 6) is 2.97. The zero-order valence-electron chi connectivity index (χ0n) is 12.8. The molecule has 0 saturated carbocycles. The Hall–Kier alpha value is -2.07. The minimum Gasteiger partial charge on any atom is -0.465 e. The number of hydrogen-bond donors (Lipinski definition) is 1. The molecule has 110 valence electrons. The predicted molar refractivity (Wildman–Crippen MR) is 84.1 cm³/mol. The van der Waals surface area contributed by atoms with Gasteiger partial charge >= 0.3 is 0 Å². The number of furan rings is 1. The Morgan fingerprint density at radius 3 is 2.76 bits per heavy atom.